The van der Waals surface area contributed by atoms with Crippen molar-refractivity contribution in [2.45, 2.75) is 58.0 Å². The van der Waals surface area contributed by atoms with Gasteiger partial charge in [-0.1, -0.05) is 0 Å². The Bertz CT molecular complexity index is 639. The summed E-state index contributed by atoms with van der Waals surface area (Å²) in [7, 11) is 3.48. The Morgan fingerprint density at radius 3 is 3.00 bits per heavy atom. The van der Waals surface area contributed by atoms with Gasteiger partial charge in [-0.05, 0) is 20.3 Å². The lowest BCUT2D eigenvalue weighted by atomic mass is 10.1. The molecule has 0 spiro atoms. The zero-order chi connectivity index (χ0) is 19.2. The van der Waals surface area contributed by atoms with Crippen molar-refractivity contribution >= 4 is 29.9 Å². The number of aliphatic imine (C=N–C) groups is 1. The number of fused-ring (bicyclic) bond motifs is 1. The van der Waals surface area contributed by atoms with Crippen LogP contribution < -0.4 is 10.6 Å². The Kier molecular flexibility index (Phi) is 9.38. The number of nitrogens with zero attached hydrogens (tertiary/aromatic N) is 5. The summed E-state index contributed by atoms with van der Waals surface area (Å²) in [6.07, 6.45) is 1.93. The summed E-state index contributed by atoms with van der Waals surface area (Å²) in [6, 6.07) is 1.17. The fraction of sp³-hybridized carbons (Fsp3) is 0.833. The quantitative estimate of drug-likeness (QED) is 0.332. The monoisotopic (exact) mass is 507 g/mol. The summed E-state index contributed by atoms with van der Waals surface area (Å²) in [5, 5.41) is 11.5. The van der Waals surface area contributed by atoms with E-state index in [0.29, 0.717) is 24.7 Å². The Labute approximate surface area is 184 Å². The summed E-state index contributed by atoms with van der Waals surface area (Å²) < 4.78 is 12.7. The molecule has 2 aliphatic rings. The van der Waals surface area contributed by atoms with Crippen LogP contribution in [0.5, 0.6) is 0 Å². The molecular formula is C18H34IN7O2. The van der Waals surface area contributed by atoms with E-state index in [4.69, 9.17) is 9.47 Å². The Morgan fingerprint density at radius 2 is 2.29 bits per heavy atom. The number of hydrogen-bond acceptors (Lipinski definition) is 6. The summed E-state index contributed by atoms with van der Waals surface area (Å²) in [5.74, 6) is 2.63. The van der Waals surface area contributed by atoms with Gasteiger partial charge in [0.25, 0.3) is 0 Å². The first kappa shape index (κ1) is 23.3. The third-order valence-electron chi connectivity index (χ3n) is 5.29. The molecule has 3 heterocycles. The van der Waals surface area contributed by atoms with Crippen molar-refractivity contribution in [1.29, 1.82) is 0 Å². The van der Waals surface area contributed by atoms with Gasteiger partial charge in [-0.3, -0.25) is 9.89 Å². The van der Waals surface area contributed by atoms with Gasteiger partial charge in [0.1, 0.15) is 12.4 Å². The van der Waals surface area contributed by atoms with Gasteiger partial charge in [0.2, 0.25) is 0 Å². The van der Waals surface area contributed by atoms with Crippen LogP contribution in [0.2, 0.25) is 0 Å². The highest BCUT2D eigenvalue weighted by atomic mass is 127. The highest BCUT2D eigenvalue weighted by Gasteiger charge is 2.25. The molecule has 1 aromatic heterocycles. The summed E-state index contributed by atoms with van der Waals surface area (Å²) in [4.78, 5) is 11.4. The molecule has 28 heavy (non-hydrogen) atoms. The first-order valence-corrected chi connectivity index (χ1v) is 9.83. The van der Waals surface area contributed by atoms with Crippen molar-refractivity contribution in [3.63, 3.8) is 0 Å². The second-order valence-electron chi connectivity index (χ2n) is 7.40. The molecular weight excluding hydrogens is 473 g/mol. The van der Waals surface area contributed by atoms with Crippen LogP contribution in [0.15, 0.2) is 4.99 Å². The topological polar surface area (TPSA) is 88.8 Å². The molecule has 0 amide bonds. The number of ether oxygens (including phenoxy) is 2. The molecule has 1 fully saturated rings. The predicted molar refractivity (Wildman–Crippen MR) is 119 cm³/mol. The van der Waals surface area contributed by atoms with Crippen molar-refractivity contribution in [2.75, 3.05) is 40.5 Å². The lowest BCUT2D eigenvalue weighted by Crippen LogP contribution is -2.54. The summed E-state index contributed by atoms with van der Waals surface area (Å²) in [5.41, 5.74) is 0. The number of rotatable bonds is 6. The smallest absolute Gasteiger partial charge is 0.191 e. The molecule has 10 heteroatoms. The van der Waals surface area contributed by atoms with Crippen LogP contribution in [0.4, 0.5) is 0 Å². The predicted octanol–water partition coefficient (Wildman–Crippen LogP) is 0.632. The lowest BCUT2D eigenvalue weighted by Gasteiger charge is -2.38. The molecule has 3 atom stereocenters. The number of halogens is 1. The zero-order valence-corrected chi connectivity index (χ0v) is 19.7. The van der Waals surface area contributed by atoms with Crippen molar-refractivity contribution in [1.82, 2.24) is 30.3 Å². The number of hydrogen-bond donors (Lipinski definition) is 2. The molecule has 0 aliphatic carbocycles. The van der Waals surface area contributed by atoms with Crippen molar-refractivity contribution in [2.24, 2.45) is 4.99 Å². The average Bonchev–Trinajstić information content (AvgIpc) is 3.07. The highest BCUT2D eigenvalue weighted by Crippen LogP contribution is 2.14. The maximum Gasteiger partial charge on any atom is 0.191 e. The minimum Gasteiger partial charge on any atom is -0.379 e. The zero-order valence-electron chi connectivity index (χ0n) is 17.3. The number of aromatic nitrogens is 3. The van der Waals surface area contributed by atoms with Crippen molar-refractivity contribution in [3.8, 4) is 0 Å². The van der Waals surface area contributed by atoms with E-state index in [9.17, 15) is 0 Å². The minimum atomic E-state index is 0. The van der Waals surface area contributed by atoms with E-state index in [1.54, 1.807) is 7.11 Å². The summed E-state index contributed by atoms with van der Waals surface area (Å²) >= 11 is 0. The molecule has 2 N–H and O–H groups in total. The number of morpholine rings is 1. The van der Waals surface area contributed by atoms with E-state index in [-0.39, 0.29) is 24.0 Å². The fourth-order valence-corrected chi connectivity index (χ4v) is 3.81. The standard InChI is InChI=1S/C18H33N7O2.HI/c1-13(24-7-8-27-11-14(24)2)9-20-18(19-3)21-15-5-6-17-22-16(12-26-4)23-25(17)10-15;/h13-15H,5-12H2,1-4H3,(H2,19,20,21);1H. The fourth-order valence-electron chi connectivity index (χ4n) is 3.81. The van der Waals surface area contributed by atoms with E-state index < -0.39 is 0 Å². The van der Waals surface area contributed by atoms with E-state index in [0.717, 1.165) is 63.3 Å². The molecule has 3 rings (SSSR count). The number of aryl methyl sites for hydroxylation is 1. The molecule has 9 nitrogen and oxygen atoms in total. The maximum atomic E-state index is 5.54. The van der Waals surface area contributed by atoms with Crippen LogP contribution in [-0.2, 0) is 29.0 Å². The highest BCUT2D eigenvalue weighted by molar-refractivity contribution is 14.0. The molecule has 0 saturated carbocycles. The molecule has 0 aromatic carbocycles. The second kappa shape index (κ2) is 11.3. The van der Waals surface area contributed by atoms with Gasteiger partial charge in [-0.25, -0.2) is 9.67 Å². The molecule has 0 bridgehead atoms. The van der Waals surface area contributed by atoms with Gasteiger partial charge < -0.3 is 20.1 Å². The van der Waals surface area contributed by atoms with Crippen LogP contribution in [-0.4, -0.2) is 84.2 Å². The number of nitrogens with one attached hydrogen (secondary N) is 2. The van der Waals surface area contributed by atoms with Crippen molar-refractivity contribution < 1.29 is 9.47 Å². The van der Waals surface area contributed by atoms with Gasteiger partial charge >= 0.3 is 0 Å². The van der Waals surface area contributed by atoms with Crippen LogP contribution in [0.25, 0.3) is 0 Å². The van der Waals surface area contributed by atoms with Crippen LogP contribution in [0, 0.1) is 0 Å². The van der Waals surface area contributed by atoms with E-state index in [1.165, 1.54) is 0 Å². The first-order chi connectivity index (χ1) is 13.1. The van der Waals surface area contributed by atoms with E-state index in [2.05, 4.69) is 44.5 Å². The lowest BCUT2D eigenvalue weighted by molar-refractivity contribution is -0.0174. The average molecular weight is 507 g/mol. The third kappa shape index (κ3) is 6.01. The molecule has 160 valence electrons. The SMILES string of the molecule is CN=C(NCC(C)N1CCOCC1C)NC1CCc2nc(COC)nn2C1.I. The van der Waals surface area contributed by atoms with Gasteiger partial charge in [0, 0.05) is 51.8 Å². The third-order valence-corrected chi connectivity index (χ3v) is 5.29. The van der Waals surface area contributed by atoms with Crippen molar-refractivity contribution in [3.05, 3.63) is 11.6 Å². The Balaban J connectivity index is 0.00000280. The summed E-state index contributed by atoms with van der Waals surface area (Å²) in [6.45, 7) is 9.18. The van der Waals surface area contributed by atoms with Gasteiger partial charge in [0.05, 0.1) is 19.8 Å². The van der Waals surface area contributed by atoms with E-state index >= 15 is 0 Å². The normalized spacial score (nSPS) is 24.2. The Morgan fingerprint density at radius 1 is 1.46 bits per heavy atom. The van der Waals surface area contributed by atoms with Crippen LogP contribution in [0.1, 0.15) is 31.9 Å². The van der Waals surface area contributed by atoms with E-state index in [1.807, 2.05) is 11.7 Å². The maximum absolute atomic E-state index is 5.54. The largest absolute Gasteiger partial charge is 0.379 e. The molecule has 1 aromatic rings. The van der Waals surface area contributed by atoms with Gasteiger partial charge in [-0.2, -0.15) is 5.10 Å². The number of guanidine groups is 1. The van der Waals surface area contributed by atoms with Gasteiger partial charge in [0.15, 0.2) is 11.8 Å². The minimum absolute atomic E-state index is 0. The second-order valence-corrected chi connectivity index (χ2v) is 7.40. The molecule has 2 aliphatic heterocycles. The Hall–Kier alpha value is -0.980. The number of methoxy groups -OCH3 is 1. The first-order valence-electron chi connectivity index (χ1n) is 9.83. The van der Waals surface area contributed by atoms with Gasteiger partial charge in [-0.15, -0.1) is 24.0 Å². The molecule has 0 radical (unpaired) electrons. The molecule has 3 unspecified atom stereocenters. The van der Waals surface area contributed by atoms with Crippen LogP contribution in [0.3, 0.4) is 0 Å². The molecule has 1 saturated heterocycles. The van der Waals surface area contributed by atoms with Crippen LogP contribution >= 0.6 is 24.0 Å².